The lowest BCUT2D eigenvalue weighted by Gasteiger charge is -2.21. The van der Waals surface area contributed by atoms with E-state index < -0.39 is 0 Å². The number of phenols is 1. The Bertz CT molecular complexity index is 991. The van der Waals surface area contributed by atoms with Gasteiger partial charge in [0.2, 0.25) is 0 Å². The van der Waals surface area contributed by atoms with Gasteiger partial charge in [-0.1, -0.05) is 6.07 Å². The molecule has 2 aromatic heterocycles. The summed E-state index contributed by atoms with van der Waals surface area (Å²) in [6, 6.07) is 7.77. The van der Waals surface area contributed by atoms with Crippen molar-refractivity contribution >= 4 is 16.6 Å². The smallest absolute Gasteiger partial charge is 0.158 e. The van der Waals surface area contributed by atoms with Gasteiger partial charge < -0.3 is 15.2 Å². The predicted octanol–water partition coefficient (Wildman–Crippen LogP) is 3.44. The van der Waals surface area contributed by atoms with Crippen molar-refractivity contribution in [3.05, 3.63) is 42.2 Å². The molecule has 4 heterocycles. The molecule has 6 nitrogen and oxygen atoms in total. The summed E-state index contributed by atoms with van der Waals surface area (Å²) in [5.74, 6) is 0.934. The highest BCUT2D eigenvalue weighted by Gasteiger charge is 2.41. The number of fused-ring (bicyclic) bond motifs is 3. The van der Waals surface area contributed by atoms with Gasteiger partial charge in [0.25, 0.3) is 0 Å². The number of pyridine rings is 1. The highest BCUT2D eigenvalue weighted by molar-refractivity contribution is 6.00. The van der Waals surface area contributed by atoms with Crippen LogP contribution in [0.4, 0.5) is 5.82 Å². The van der Waals surface area contributed by atoms with Crippen LogP contribution in [0.2, 0.25) is 0 Å². The predicted molar refractivity (Wildman–Crippen MR) is 99.1 cm³/mol. The molecule has 1 aromatic carbocycles. The van der Waals surface area contributed by atoms with Crippen LogP contribution in [0.5, 0.6) is 5.75 Å². The number of benzene rings is 1. The van der Waals surface area contributed by atoms with E-state index in [4.69, 9.17) is 4.74 Å². The molecule has 26 heavy (non-hydrogen) atoms. The van der Waals surface area contributed by atoms with E-state index in [9.17, 15) is 5.11 Å². The molecule has 2 fully saturated rings. The number of aromatic nitrogens is 3. The van der Waals surface area contributed by atoms with E-state index in [1.165, 1.54) is 0 Å². The van der Waals surface area contributed by atoms with Crippen LogP contribution in [0.3, 0.4) is 0 Å². The molecule has 5 rings (SSSR count). The summed E-state index contributed by atoms with van der Waals surface area (Å²) in [5.41, 5.74) is 2.34. The number of aromatic hydroxyl groups is 1. The zero-order chi connectivity index (χ0) is 17.7. The lowest BCUT2D eigenvalue weighted by molar-refractivity contribution is 0.102. The minimum absolute atomic E-state index is 0.208. The molecule has 0 spiro atoms. The molecule has 0 saturated carbocycles. The first-order chi connectivity index (χ1) is 12.7. The van der Waals surface area contributed by atoms with Crippen LogP contribution in [-0.2, 0) is 4.74 Å². The molecule has 0 aliphatic carbocycles. The molecule has 3 aromatic rings. The van der Waals surface area contributed by atoms with E-state index in [2.05, 4.69) is 20.5 Å². The highest BCUT2D eigenvalue weighted by Crippen LogP contribution is 2.38. The molecule has 2 saturated heterocycles. The van der Waals surface area contributed by atoms with Crippen LogP contribution in [0.15, 0.2) is 36.7 Å². The standard InChI is InChI=1S/C20H20N4O2/c1-11-2-4-14(17(25)8-11)19-13-6-7-21-10-15(13)20(24-23-19)22-16-9-12-3-5-18(16)26-12/h2,4,6-8,10,12,16,18,25H,3,5,9H2,1H3,(H,22,24)/t12-,16?,18+/m1/s1. The molecule has 3 atom stereocenters. The van der Waals surface area contributed by atoms with Crippen LogP contribution in [0.1, 0.15) is 24.8 Å². The lowest BCUT2D eigenvalue weighted by atomic mass is 9.95. The average Bonchev–Trinajstić information content (AvgIpc) is 3.26. The normalized spacial score (nSPS) is 24.3. The number of hydrogen-bond donors (Lipinski definition) is 2. The summed E-state index contributed by atoms with van der Waals surface area (Å²) in [6.07, 6.45) is 7.43. The maximum absolute atomic E-state index is 10.4. The number of hydrogen-bond acceptors (Lipinski definition) is 6. The Morgan fingerprint density at radius 2 is 2.08 bits per heavy atom. The van der Waals surface area contributed by atoms with Crippen molar-refractivity contribution in [3.63, 3.8) is 0 Å². The molecule has 0 amide bonds. The number of aryl methyl sites for hydroxylation is 1. The minimum Gasteiger partial charge on any atom is -0.507 e. The average molecular weight is 348 g/mol. The fourth-order valence-corrected chi connectivity index (χ4v) is 4.11. The van der Waals surface area contributed by atoms with Gasteiger partial charge in [0.1, 0.15) is 11.4 Å². The lowest BCUT2D eigenvalue weighted by Crippen LogP contribution is -2.31. The maximum Gasteiger partial charge on any atom is 0.158 e. The Kier molecular flexibility index (Phi) is 3.53. The van der Waals surface area contributed by atoms with E-state index >= 15 is 0 Å². The molecule has 2 aliphatic heterocycles. The monoisotopic (exact) mass is 348 g/mol. The van der Waals surface area contributed by atoms with Crippen molar-refractivity contribution in [2.45, 2.75) is 44.4 Å². The van der Waals surface area contributed by atoms with E-state index in [0.29, 0.717) is 17.4 Å². The number of nitrogens with zero attached hydrogens (tertiary/aromatic N) is 3. The van der Waals surface area contributed by atoms with Gasteiger partial charge in [0.15, 0.2) is 5.82 Å². The zero-order valence-corrected chi connectivity index (χ0v) is 14.5. The molecule has 1 unspecified atom stereocenters. The van der Waals surface area contributed by atoms with Gasteiger partial charge in [-0.3, -0.25) is 4.98 Å². The van der Waals surface area contributed by atoms with Crippen LogP contribution in [0.25, 0.3) is 22.0 Å². The Morgan fingerprint density at radius 1 is 1.15 bits per heavy atom. The Balaban J connectivity index is 1.58. The topological polar surface area (TPSA) is 80.2 Å². The van der Waals surface area contributed by atoms with Crippen molar-refractivity contribution in [2.24, 2.45) is 0 Å². The van der Waals surface area contributed by atoms with Gasteiger partial charge >= 0.3 is 0 Å². The summed E-state index contributed by atoms with van der Waals surface area (Å²) in [6.45, 7) is 1.95. The SMILES string of the molecule is Cc1ccc(-c2nnc(NC3C[C@H]4CC[C@@H]3O4)c3cnccc23)c(O)c1. The molecule has 0 radical (unpaired) electrons. The van der Waals surface area contributed by atoms with Crippen LogP contribution >= 0.6 is 0 Å². The molecule has 2 bridgehead atoms. The largest absolute Gasteiger partial charge is 0.507 e. The quantitative estimate of drug-likeness (QED) is 0.755. The van der Waals surface area contributed by atoms with Crippen LogP contribution < -0.4 is 5.32 Å². The van der Waals surface area contributed by atoms with E-state index in [0.717, 1.165) is 41.4 Å². The third-order valence-corrected chi connectivity index (χ3v) is 5.42. The molecular formula is C20H20N4O2. The first kappa shape index (κ1) is 15.5. The molecule has 2 N–H and O–H groups in total. The van der Waals surface area contributed by atoms with E-state index in [-0.39, 0.29) is 17.9 Å². The van der Waals surface area contributed by atoms with Crippen molar-refractivity contribution in [3.8, 4) is 17.0 Å². The maximum atomic E-state index is 10.4. The number of nitrogens with one attached hydrogen (secondary N) is 1. The second-order valence-electron chi connectivity index (χ2n) is 7.20. The second kappa shape index (κ2) is 5.92. The summed E-state index contributed by atoms with van der Waals surface area (Å²) in [4.78, 5) is 4.27. The first-order valence-electron chi connectivity index (χ1n) is 9.01. The van der Waals surface area contributed by atoms with Crippen molar-refractivity contribution in [1.29, 1.82) is 0 Å². The Morgan fingerprint density at radius 3 is 2.85 bits per heavy atom. The van der Waals surface area contributed by atoms with Crippen molar-refractivity contribution in [2.75, 3.05) is 5.32 Å². The fourth-order valence-electron chi connectivity index (χ4n) is 4.11. The Hall–Kier alpha value is -2.73. The van der Waals surface area contributed by atoms with Gasteiger partial charge in [-0.05, 0) is 49.9 Å². The van der Waals surface area contributed by atoms with Gasteiger partial charge in [-0.15, -0.1) is 10.2 Å². The first-order valence-corrected chi connectivity index (χ1v) is 9.01. The van der Waals surface area contributed by atoms with Gasteiger partial charge in [-0.25, -0.2) is 0 Å². The van der Waals surface area contributed by atoms with Gasteiger partial charge in [0.05, 0.1) is 18.2 Å². The summed E-state index contributed by atoms with van der Waals surface area (Å²) < 4.78 is 5.93. The number of anilines is 1. The van der Waals surface area contributed by atoms with Crippen LogP contribution in [0, 0.1) is 6.92 Å². The van der Waals surface area contributed by atoms with E-state index in [1.54, 1.807) is 18.5 Å². The van der Waals surface area contributed by atoms with E-state index in [1.807, 2.05) is 25.1 Å². The molecule has 6 heteroatoms. The van der Waals surface area contributed by atoms with Gasteiger partial charge in [0, 0.05) is 28.7 Å². The molecular weight excluding hydrogens is 328 g/mol. The third-order valence-electron chi connectivity index (χ3n) is 5.42. The molecule has 2 aliphatic rings. The summed E-state index contributed by atoms with van der Waals surface area (Å²) in [5, 5.41) is 24.6. The van der Waals surface area contributed by atoms with Crippen LogP contribution in [-0.4, -0.2) is 38.5 Å². The minimum atomic E-state index is 0.208. The fraction of sp³-hybridized carbons (Fsp3) is 0.350. The van der Waals surface area contributed by atoms with Gasteiger partial charge in [-0.2, -0.15) is 0 Å². The number of rotatable bonds is 3. The third kappa shape index (κ3) is 2.49. The summed E-state index contributed by atoms with van der Waals surface area (Å²) >= 11 is 0. The highest BCUT2D eigenvalue weighted by atomic mass is 16.5. The second-order valence-corrected chi connectivity index (χ2v) is 7.20. The molecule has 132 valence electrons. The van der Waals surface area contributed by atoms with Crippen molar-refractivity contribution in [1.82, 2.24) is 15.2 Å². The number of phenolic OH excluding ortho intramolecular Hbond substituents is 1. The Labute approximate surface area is 151 Å². The zero-order valence-electron chi connectivity index (χ0n) is 14.5. The summed E-state index contributed by atoms with van der Waals surface area (Å²) in [7, 11) is 0. The van der Waals surface area contributed by atoms with Crippen molar-refractivity contribution < 1.29 is 9.84 Å². The number of ether oxygens (including phenoxy) is 1.